The van der Waals surface area contributed by atoms with Crippen molar-refractivity contribution in [2.45, 2.75) is 18.0 Å². The Morgan fingerprint density at radius 2 is 1.57 bits per heavy atom. The number of hydrogen-bond acceptors (Lipinski definition) is 5. The molecule has 5 nitrogen and oxygen atoms in total. The van der Waals surface area contributed by atoms with Crippen LogP contribution in [0, 0.1) is 0 Å². The number of halogens is 6. The predicted octanol–water partition coefficient (Wildman–Crippen LogP) is 0.718. The molecule has 0 aromatic rings. The van der Waals surface area contributed by atoms with Gasteiger partial charge in [-0.15, -0.1) is 0 Å². The first-order chi connectivity index (χ1) is 9.47. The number of morpholine rings is 1. The summed E-state index contributed by atoms with van der Waals surface area (Å²) in [5.41, 5.74) is -5.08. The first-order valence-electron chi connectivity index (χ1n) is 5.79. The van der Waals surface area contributed by atoms with Crippen LogP contribution in [0.3, 0.4) is 0 Å². The number of carbonyl (C=O) groups excluding carboxylic acids is 1. The van der Waals surface area contributed by atoms with Crippen LogP contribution in [0.5, 0.6) is 0 Å². The Labute approximate surface area is 115 Å². The lowest BCUT2D eigenvalue weighted by Crippen LogP contribution is -2.60. The average molecular weight is 325 g/mol. The van der Waals surface area contributed by atoms with Gasteiger partial charge in [0.05, 0.1) is 19.8 Å². The molecular weight excluding hydrogens is 312 g/mol. The summed E-state index contributed by atoms with van der Waals surface area (Å²) in [5.74, 6) is -1.29. The third-order valence-corrected chi connectivity index (χ3v) is 2.84. The van der Waals surface area contributed by atoms with E-state index in [2.05, 4.69) is 4.74 Å². The summed E-state index contributed by atoms with van der Waals surface area (Å²) in [6.07, 6.45) is -12.0. The van der Waals surface area contributed by atoms with E-state index in [4.69, 9.17) is 9.84 Å². The van der Waals surface area contributed by atoms with E-state index >= 15 is 0 Å². The van der Waals surface area contributed by atoms with Crippen LogP contribution < -0.4 is 0 Å². The highest BCUT2D eigenvalue weighted by molar-refractivity contribution is 5.71. The van der Waals surface area contributed by atoms with Gasteiger partial charge in [-0.05, 0) is 0 Å². The van der Waals surface area contributed by atoms with Crippen LogP contribution in [0.2, 0.25) is 0 Å². The number of ether oxygens (including phenoxy) is 2. The number of aliphatic hydroxyl groups is 1. The zero-order chi connectivity index (χ0) is 16.3. The molecule has 0 aliphatic carbocycles. The molecule has 124 valence electrons. The largest absolute Gasteiger partial charge is 0.461 e. The fourth-order valence-electron chi connectivity index (χ4n) is 1.50. The highest BCUT2D eigenvalue weighted by Gasteiger charge is 2.71. The molecule has 11 heteroatoms. The van der Waals surface area contributed by atoms with Gasteiger partial charge in [-0.2, -0.15) is 26.3 Å². The van der Waals surface area contributed by atoms with Crippen molar-refractivity contribution in [1.29, 1.82) is 0 Å². The fourth-order valence-corrected chi connectivity index (χ4v) is 1.50. The highest BCUT2D eigenvalue weighted by Crippen LogP contribution is 2.43. The van der Waals surface area contributed by atoms with Crippen LogP contribution in [0.15, 0.2) is 0 Å². The molecule has 21 heavy (non-hydrogen) atoms. The molecule has 0 unspecified atom stereocenters. The van der Waals surface area contributed by atoms with E-state index in [9.17, 15) is 31.1 Å². The molecular formula is C10H13F6NO4. The normalized spacial score (nSPS) is 18.6. The Hall–Kier alpha value is -1.07. The van der Waals surface area contributed by atoms with Crippen molar-refractivity contribution in [2.24, 2.45) is 0 Å². The van der Waals surface area contributed by atoms with Gasteiger partial charge in [-0.1, -0.05) is 0 Å². The van der Waals surface area contributed by atoms with Gasteiger partial charge >= 0.3 is 18.3 Å². The fraction of sp³-hybridized carbons (Fsp3) is 0.900. The van der Waals surface area contributed by atoms with Crippen molar-refractivity contribution in [3.63, 3.8) is 0 Å². The Bertz CT molecular complexity index is 350. The Kier molecular flexibility index (Phi) is 5.45. The number of rotatable bonds is 4. The average Bonchev–Trinajstić information content (AvgIpc) is 2.34. The topological polar surface area (TPSA) is 59.0 Å². The Balaban J connectivity index is 2.59. The van der Waals surface area contributed by atoms with Crippen LogP contribution >= 0.6 is 0 Å². The lowest BCUT2D eigenvalue weighted by Gasteiger charge is -2.32. The van der Waals surface area contributed by atoms with Gasteiger partial charge in [-0.25, -0.2) is 0 Å². The summed E-state index contributed by atoms with van der Waals surface area (Å²) in [6, 6.07) is 0. The maximum atomic E-state index is 12.3. The molecule has 0 radical (unpaired) electrons. The molecule has 1 N–H and O–H groups in total. The molecule has 1 saturated heterocycles. The first kappa shape index (κ1) is 18.0. The van der Waals surface area contributed by atoms with E-state index in [0.29, 0.717) is 26.3 Å². The summed E-state index contributed by atoms with van der Waals surface area (Å²) in [6.45, 7) is -1.52. The molecule has 0 bridgehead atoms. The second-order valence-electron chi connectivity index (χ2n) is 4.40. The smallest absolute Gasteiger partial charge is 0.429 e. The van der Waals surface area contributed by atoms with Crippen molar-refractivity contribution < 1.29 is 45.7 Å². The number of hydrogen-bond donors (Lipinski definition) is 1. The zero-order valence-corrected chi connectivity index (χ0v) is 10.6. The molecule has 0 spiro atoms. The molecule has 0 saturated carbocycles. The van der Waals surface area contributed by atoms with Gasteiger partial charge in [0.2, 0.25) is 0 Å². The predicted molar refractivity (Wildman–Crippen MR) is 55.3 cm³/mol. The van der Waals surface area contributed by atoms with Crippen LogP contribution in [0.25, 0.3) is 0 Å². The second kappa shape index (κ2) is 6.36. The van der Waals surface area contributed by atoms with Crippen molar-refractivity contribution in [2.75, 3.05) is 39.5 Å². The molecule has 1 aliphatic rings. The molecule has 0 amide bonds. The molecule has 0 aromatic heterocycles. The van der Waals surface area contributed by atoms with Crippen LogP contribution in [0.4, 0.5) is 26.3 Å². The Morgan fingerprint density at radius 1 is 1.10 bits per heavy atom. The summed E-state index contributed by atoms with van der Waals surface area (Å²) in [4.78, 5) is 12.7. The summed E-state index contributed by atoms with van der Waals surface area (Å²) >= 11 is 0. The SMILES string of the molecule is O=C(CN1CCOCC1)OCC(O)(C(F)(F)F)C(F)(F)F. The number of nitrogens with zero attached hydrogens (tertiary/aromatic N) is 1. The van der Waals surface area contributed by atoms with Gasteiger partial charge in [0.1, 0.15) is 6.61 Å². The molecule has 1 fully saturated rings. The minimum absolute atomic E-state index is 0.294. The second-order valence-corrected chi connectivity index (χ2v) is 4.40. The van der Waals surface area contributed by atoms with E-state index in [0.717, 1.165) is 0 Å². The number of carbonyl (C=O) groups is 1. The number of alkyl halides is 6. The standard InChI is InChI=1S/C10H13F6NO4/c11-9(12,13)8(19,10(14,15)16)6-21-7(18)5-17-1-3-20-4-2-17/h19H,1-6H2. The minimum Gasteiger partial charge on any atom is -0.461 e. The van der Waals surface area contributed by atoms with E-state index in [-0.39, 0.29) is 0 Å². The zero-order valence-electron chi connectivity index (χ0n) is 10.6. The summed E-state index contributed by atoms with van der Waals surface area (Å²) < 4.78 is 82.8. The molecule has 1 aliphatic heterocycles. The van der Waals surface area contributed by atoms with Gasteiger partial charge < -0.3 is 14.6 Å². The highest BCUT2D eigenvalue weighted by atomic mass is 19.4. The summed E-state index contributed by atoms with van der Waals surface area (Å²) in [5, 5.41) is 8.78. The lowest BCUT2D eigenvalue weighted by molar-refractivity contribution is -0.375. The monoisotopic (exact) mass is 325 g/mol. The van der Waals surface area contributed by atoms with E-state index in [1.807, 2.05) is 0 Å². The van der Waals surface area contributed by atoms with Gasteiger partial charge in [-0.3, -0.25) is 9.69 Å². The molecule has 0 atom stereocenters. The van der Waals surface area contributed by atoms with E-state index < -0.39 is 37.1 Å². The van der Waals surface area contributed by atoms with Gasteiger partial charge in [0, 0.05) is 13.1 Å². The van der Waals surface area contributed by atoms with Crippen molar-refractivity contribution >= 4 is 5.97 Å². The lowest BCUT2D eigenvalue weighted by atomic mass is 10.0. The third-order valence-electron chi connectivity index (χ3n) is 2.84. The number of esters is 1. The maximum absolute atomic E-state index is 12.3. The van der Waals surface area contributed by atoms with Crippen LogP contribution in [0.1, 0.15) is 0 Å². The third kappa shape index (κ3) is 4.45. The van der Waals surface area contributed by atoms with Gasteiger partial charge in [0.25, 0.3) is 5.60 Å². The first-order valence-corrected chi connectivity index (χ1v) is 5.79. The minimum atomic E-state index is -6.01. The quantitative estimate of drug-likeness (QED) is 0.610. The van der Waals surface area contributed by atoms with E-state index in [1.165, 1.54) is 4.90 Å². The maximum Gasteiger partial charge on any atom is 0.429 e. The molecule has 1 rings (SSSR count). The summed E-state index contributed by atoms with van der Waals surface area (Å²) in [7, 11) is 0. The Morgan fingerprint density at radius 3 is 2.00 bits per heavy atom. The van der Waals surface area contributed by atoms with Gasteiger partial charge in [0.15, 0.2) is 0 Å². The van der Waals surface area contributed by atoms with Crippen molar-refractivity contribution in [3.05, 3.63) is 0 Å². The van der Waals surface area contributed by atoms with Crippen LogP contribution in [-0.2, 0) is 14.3 Å². The van der Waals surface area contributed by atoms with E-state index in [1.54, 1.807) is 0 Å². The van der Waals surface area contributed by atoms with Crippen molar-refractivity contribution in [3.8, 4) is 0 Å². The molecule has 0 aromatic carbocycles. The molecule has 1 heterocycles. The van der Waals surface area contributed by atoms with Crippen LogP contribution in [-0.4, -0.2) is 73.4 Å². The van der Waals surface area contributed by atoms with Crippen molar-refractivity contribution in [1.82, 2.24) is 4.90 Å².